The molecule has 0 aromatic carbocycles. The highest BCUT2D eigenvalue weighted by atomic mass is 35.5. The van der Waals surface area contributed by atoms with Crippen molar-refractivity contribution < 1.29 is 4.42 Å². The van der Waals surface area contributed by atoms with Gasteiger partial charge in [0.2, 0.25) is 5.95 Å². The van der Waals surface area contributed by atoms with Crippen molar-refractivity contribution in [3.63, 3.8) is 0 Å². The molecule has 8 heteroatoms. The molecule has 3 aliphatic rings. The van der Waals surface area contributed by atoms with Gasteiger partial charge in [-0.25, -0.2) is 4.98 Å². The Morgan fingerprint density at radius 1 is 1.19 bits per heavy atom. The van der Waals surface area contributed by atoms with E-state index in [1.54, 1.807) is 0 Å². The molecule has 2 atom stereocenters. The number of nitrogens with one attached hydrogen (secondary N) is 1. The number of halogens is 2. The van der Waals surface area contributed by atoms with Crippen molar-refractivity contribution in [3.05, 3.63) is 23.2 Å². The Labute approximate surface area is 172 Å². The van der Waals surface area contributed by atoms with E-state index >= 15 is 0 Å². The van der Waals surface area contributed by atoms with Crippen molar-refractivity contribution in [2.24, 2.45) is 5.92 Å². The lowest BCUT2D eigenvalue weighted by Gasteiger charge is -2.24. The van der Waals surface area contributed by atoms with Crippen LogP contribution in [-0.2, 0) is 12.8 Å². The normalized spacial score (nSPS) is 23.4. The van der Waals surface area contributed by atoms with E-state index in [1.807, 2.05) is 6.92 Å². The molecule has 0 saturated carbocycles. The summed E-state index contributed by atoms with van der Waals surface area (Å²) in [4.78, 5) is 11.7. The summed E-state index contributed by atoms with van der Waals surface area (Å²) in [6.45, 7) is 5.22. The van der Waals surface area contributed by atoms with E-state index in [-0.39, 0.29) is 24.8 Å². The third-order valence-electron chi connectivity index (χ3n) is 5.92. The van der Waals surface area contributed by atoms with Crippen molar-refractivity contribution >= 4 is 36.6 Å². The van der Waals surface area contributed by atoms with E-state index < -0.39 is 0 Å². The van der Waals surface area contributed by atoms with E-state index in [0.29, 0.717) is 12.0 Å². The molecule has 5 rings (SSSR count). The first-order valence-corrected chi connectivity index (χ1v) is 9.43. The predicted octanol–water partition coefficient (Wildman–Crippen LogP) is 3.15. The standard InChI is InChI=1S/C19H25N5O.2ClH/c1-11-8-14-16(25-11)6-2-5-13-17(14)22-19(20)23-18(13)24-9-12-4-3-7-21-15(12)10-24;;/h8,12,15,21H,2-7,9-10H2,1H3,(H2,20,22,23);2*1H. The molecule has 0 amide bonds. The van der Waals surface area contributed by atoms with Crippen LogP contribution in [0.5, 0.6) is 0 Å². The molecule has 2 aliphatic heterocycles. The largest absolute Gasteiger partial charge is 0.466 e. The Balaban J connectivity index is 0.00000105. The molecule has 2 fully saturated rings. The van der Waals surface area contributed by atoms with Crippen molar-refractivity contribution in [2.45, 2.75) is 45.1 Å². The minimum Gasteiger partial charge on any atom is -0.466 e. The fourth-order valence-electron chi connectivity index (χ4n) is 4.80. The summed E-state index contributed by atoms with van der Waals surface area (Å²) >= 11 is 0. The van der Waals surface area contributed by atoms with Gasteiger partial charge < -0.3 is 20.4 Å². The van der Waals surface area contributed by atoms with Gasteiger partial charge in [0.1, 0.15) is 17.3 Å². The van der Waals surface area contributed by atoms with Crippen molar-refractivity contribution in [2.75, 3.05) is 30.3 Å². The highest BCUT2D eigenvalue weighted by molar-refractivity contribution is 5.85. The van der Waals surface area contributed by atoms with E-state index in [0.717, 1.165) is 73.4 Å². The summed E-state index contributed by atoms with van der Waals surface area (Å²) in [6, 6.07) is 2.68. The molecule has 6 nitrogen and oxygen atoms in total. The summed E-state index contributed by atoms with van der Waals surface area (Å²) in [5, 5.41) is 3.68. The van der Waals surface area contributed by atoms with Crippen LogP contribution in [0.15, 0.2) is 10.5 Å². The summed E-state index contributed by atoms with van der Waals surface area (Å²) in [5.74, 6) is 4.11. The van der Waals surface area contributed by atoms with E-state index in [4.69, 9.17) is 10.2 Å². The molecule has 4 heterocycles. The summed E-state index contributed by atoms with van der Waals surface area (Å²) in [5.41, 5.74) is 9.45. The second-order valence-electron chi connectivity index (χ2n) is 7.65. The van der Waals surface area contributed by atoms with E-state index in [1.165, 1.54) is 18.4 Å². The molecular weight excluding hydrogens is 385 g/mol. The average molecular weight is 412 g/mol. The number of rotatable bonds is 1. The maximum Gasteiger partial charge on any atom is 0.222 e. The molecule has 2 aromatic heterocycles. The van der Waals surface area contributed by atoms with Gasteiger partial charge in [0.15, 0.2) is 0 Å². The molecule has 1 aliphatic carbocycles. The maximum absolute atomic E-state index is 6.12. The lowest BCUT2D eigenvalue weighted by atomic mass is 9.94. The summed E-state index contributed by atoms with van der Waals surface area (Å²) in [6.07, 6.45) is 5.57. The van der Waals surface area contributed by atoms with Gasteiger partial charge >= 0.3 is 0 Å². The number of anilines is 2. The second-order valence-corrected chi connectivity index (χ2v) is 7.65. The van der Waals surface area contributed by atoms with E-state index in [9.17, 15) is 0 Å². The van der Waals surface area contributed by atoms with Crippen LogP contribution >= 0.6 is 24.8 Å². The number of aryl methyl sites for hydroxylation is 2. The molecule has 2 saturated heterocycles. The Morgan fingerprint density at radius 3 is 2.85 bits per heavy atom. The fraction of sp³-hybridized carbons (Fsp3) is 0.579. The first-order chi connectivity index (χ1) is 12.2. The molecule has 0 spiro atoms. The first kappa shape index (κ1) is 20.2. The Morgan fingerprint density at radius 2 is 2.04 bits per heavy atom. The zero-order valence-corrected chi connectivity index (χ0v) is 17.2. The number of piperidine rings is 1. The molecule has 3 N–H and O–H groups in total. The molecule has 0 bridgehead atoms. The van der Waals surface area contributed by atoms with Gasteiger partial charge in [0.25, 0.3) is 0 Å². The third kappa shape index (κ3) is 3.50. The van der Waals surface area contributed by atoms with Crippen molar-refractivity contribution in [3.8, 4) is 11.3 Å². The van der Waals surface area contributed by atoms with E-state index in [2.05, 4.69) is 26.3 Å². The van der Waals surface area contributed by atoms with Crippen LogP contribution in [0.3, 0.4) is 0 Å². The third-order valence-corrected chi connectivity index (χ3v) is 5.92. The number of furan rings is 1. The molecular formula is C19H27Cl2N5O. The van der Waals surface area contributed by atoms with Crippen molar-refractivity contribution in [1.29, 1.82) is 0 Å². The zero-order valence-electron chi connectivity index (χ0n) is 15.5. The molecule has 2 unspecified atom stereocenters. The first-order valence-electron chi connectivity index (χ1n) is 9.43. The summed E-state index contributed by atoms with van der Waals surface area (Å²) in [7, 11) is 0. The van der Waals surface area contributed by atoms with Gasteiger partial charge in [0, 0.05) is 36.7 Å². The highest BCUT2D eigenvalue weighted by Crippen LogP contribution is 2.39. The Kier molecular flexibility index (Phi) is 5.89. The second kappa shape index (κ2) is 7.86. The van der Waals surface area contributed by atoms with Gasteiger partial charge in [-0.1, -0.05) is 0 Å². The Bertz CT molecular complexity index is 811. The molecule has 2 aromatic rings. The molecule has 27 heavy (non-hydrogen) atoms. The maximum atomic E-state index is 6.12. The van der Waals surface area contributed by atoms with Gasteiger partial charge in [-0.2, -0.15) is 4.98 Å². The van der Waals surface area contributed by atoms with Gasteiger partial charge in [-0.05, 0) is 51.1 Å². The quantitative estimate of drug-likeness (QED) is 0.749. The van der Waals surface area contributed by atoms with Crippen LogP contribution < -0.4 is 16.0 Å². The number of fused-ring (bicyclic) bond motifs is 4. The van der Waals surface area contributed by atoms with Gasteiger partial charge in [-0.15, -0.1) is 24.8 Å². The lowest BCUT2D eigenvalue weighted by molar-refractivity contribution is 0.340. The number of nitrogens with two attached hydrogens (primary N) is 1. The highest BCUT2D eigenvalue weighted by Gasteiger charge is 2.36. The average Bonchev–Trinajstić information content (AvgIpc) is 3.15. The molecule has 0 radical (unpaired) electrons. The zero-order chi connectivity index (χ0) is 17.0. The monoisotopic (exact) mass is 411 g/mol. The molecule has 148 valence electrons. The summed E-state index contributed by atoms with van der Waals surface area (Å²) < 4.78 is 5.90. The van der Waals surface area contributed by atoms with Crippen LogP contribution in [0.25, 0.3) is 11.3 Å². The topological polar surface area (TPSA) is 80.2 Å². The SMILES string of the molecule is Cc1cc2c(o1)CCCc1c-2nc(N)nc1N1CC2CCCNC2C1.Cl.Cl. The number of nitrogen functional groups attached to an aromatic ring is 1. The number of hydrogen-bond acceptors (Lipinski definition) is 6. The number of hydrogen-bond donors (Lipinski definition) is 2. The fourth-order valence-corrected chi connectivity index (χ4v) is 4.80. The van der Waals surface area contributed by atoms with Crippen LogP contribution in [0.4, 0.5) is 11.8 Å². The van der Waals surface area contributed by atoms with Gasteiger partial charge in [0.05, 0.1) is 5.69 Å². The van der Waals surface area contributed by atoms with Crippen LogP contribution in [0.1, 0.15) is 36.3 Å². The minimum atomic E-state index is 0. The van der Waals surface area contributed by atoms with Crippen molar-refractivity contribution in [1.82, 2.24) is 15.3 Å². The predicted molar refractivity (Wildman–Crippen MR) is 112 cm³/mol. The number of aromatic nitrogens is 2. The number of nitrogens with zero attached hydrogens (tertiary/aromatic N) is 3. The minimum absolute atomic E-state index is 0. The smallest absolute Gasteiger partial charge is 0.222 e. The van der Waals surface area contributed by atoms with Crippen LogP contribution in [-0.4, -0.2) is 35.6 Å². The van der Waals surface area contributed by atoms with Gasteiger partial charge in [-0.3, -0.25) is 0 Å². The lowest BCUT2D eigenvalue weighted by Crippen LogP contribution is -2.40. The Hall–Kier alpha value is -1.50. The van der Waals surface area contributed by atoms with Crippen LogP contribution in [0.2, 0.25) is 0 Å². The van der Waals surface area contributed by atoms with Crippen LogP contribution in [0, 0.1) is 12.8 Å².